The topological polar surface area (TPSA) is 98.0 Å². The second-order valence-electron chi connectivity index (χ2n) is 5.57. The minimum atomic E-state index is -0.220. The lowest BCUT2D eigenvalue weighted by atomic mass is 9.90. The van der Waals surface area contributed by atoms with Crippen LogP contribution in [0, 0.1) is 0 Å². The zero-order valence-corrected chi connectivity index (χ0v) is 12.5. The fourth-order valence-corrected chi connectivity index (χ4v) is 2.58. The highest BCUT2D eigenvalue weighted by Crippen LogP contribution is 2.23. The fraction of sp³-hybridized carbons (Fsp3) is 0.333. The fourth-order valence-electron chi connectivity index (χ4n) is 2.58. The second kappa shape index (κ2) is 5.47. The lowest BCUT2D eigenvalue weighted by molar-refractivity contribution is 0.0834. The zero-order chi connectivity index (χ0) is 15.8. The summed E-state index contributed by atoms with van der Waals surface area (Å²) in [6.45, 7) is 0. The van der Waals surface area contributed by atoms with Crippen molar-refractivity contribution >= 4 is 17.1 Å². The Morgan fingerprint density at radius 2 is 2.04 bits per heavy atom. The van der Waals surface area contributed by atoms with Gasteiger partial charge in [-0.25, -0.2) is 4.98 Å². The highest BCUT2D eigenvalue weighted by Gasteiger charge is 2.27. The van der Waals surface area contributed by atoms with Gasteiger partial charge in [0.05, 0.1) is 25.1 Å². The molecule has 0 spiro atoms. The molecule has 1 saturated carbocycles. The summed E-state index contributed by atoms with van der Waals surface area (Å²) in [4.78, 5) is 8.75. The third-order valence-corrected chi connectivity index (χ3v) is 3.96. The van der Waals surface area contributed by atoms with E-state index in [2.05, 4.69) is 25.6 Å². The highest BCUT2D eigenvalue weighted by molar-refractivity contribution is 5.72. The predicted molar refractivity (Wildman–Crippen MR) is 83.7 cm³/mol. The van der Waals surface area contributed by atoms with Gasteiger partial charge in [-0.2, -0.15) is 9.67 Å². The first kappa shape index (κ1) is 13.9. The van der Waals surface area contributed by atoms with Gasteiger partial charge < -0.3 is 15.2 Å². The van der Waals surface area contributed by atoms with Crippen LogP contribution in [0.15, 0.2) is 30.5 Å². The molecule has 3 aromatic rings. The van der Waals surface area contributed by atoms with Gasteiger partial charge >= 0.3 is 0 Å². The van der Waals surface area contributed by atoms with E-state index in [0.29, 0.717) is 17.1 Å². The number of anilines is 1. The molecule has 1 aliphatic rings. The van der Waals surface area contributed by atoms with Crippen LogP contribution in [0.2, 0.25) is 0 Å². The highest BCUT2D eigenvalue weighted by atomic mass is 16.5. The van der Waals surface area contributed by atoms with E-state index in [1.54, 1.807) is 18.0 Å². The molecular formula is C15H16N6O2. The number of aromatic nitrogens is 5. The molecule has 0 radical (unpaired) electrons. The number of aliphatic hydroxyl groups excluding tert-OH is 1. The number of nitrogens with one attached hydrogen (secondary N) is 1. The van der Waals surface area contributed by atoms with Crippen LogP contribution < -0.4 is 10.1 Å². The van der Waals surface area contributed by atoms with Gasteiger partial charge in [-0.05, 0) is 37.1 Å². The molecule has 1 aliphatic carbocycles. The van der Waals surface area contributed by atoms with Gasteiger partial charge in [0.2, 0.25) is 5.95 Å². The first-order valence-corrected chi connectivity index (χ1v) is 7.40. The number of methoxy groups -OCH3 is 1. The Hall–Kier alpha value is -2.74. The van der Waals surface area contributed by atoms with Gasteiger partial charge in [0.15, 0.2) is 11.2 Å². The predicted octanol–water partition coefficient (Wildman–Crippen LogP) is 1.15. The molecule has 118 valence electrons. The summed E-state index contributed by atoms with van der Waals surface area (Å²) in [5.74, 6) is 1.30. The van der Waals surface area contributed by atoms with E-state index in [0.717, 1.165) is 24.3 Å². The van der Waals surface area contributed by atoms with Crippen molar-refractivity contribution in [2.45, 2.75) is 25.0 Å². The molecule has 0 aliphatic heterocycles. The Bertz CT molecular complexity index is 826. The third kappa shape index (κ3) is 2.57. The molecule has 1 aromatic carbocycles. The summed E-state index contributed by atoms with van der Waals surface area (Å²) >= 11 is 0. The Morgan fingerprint density at radius 1 is 1.26 bits per heavy atom. The maximum Gasteiger partial charge on any atom is 0.225 e. The van der Waals surface area contributed by atoms with Crippen LogP contribution in [0.4, 0.5) is 5.95 Å². The normalized spacial score (nSPS) is 20.3. The van der Waals surface area contributed by atoms with Crippen LogP contribution in [0.3, 0.4) is 0 Å². The largest absolute Gasteiger partial charge is 0.497 e. The Morgan fingerprint density at radius 3 is 2.74 bits per heavy atom. The summed E-state index contributed by atoms with van der Waals surface area (Å²) in [6.07, 6.45) is 2.87. The lowest BCUT2D eigenvalue weighted by Gasteiger charge is -2.31. The number of fused-ring (bicyclic) bond motifs is 1. The zero-order valence-electron chi connectivity index (χ0n) is 12.5. The Labute approximate surface area is 132 Å². The van der Waals surface area contributed by atoms with E-state index in [9.17, 15) is 5.11 Å². The molecule has 8 nitrogen and oxygen atoms in total. The number of hydrogen-bond acceptors (Lipinski definition) is 7. The Balaban J connectivity index is 1.66. The van der Waals surface area contributed by atoms with Crippen LogP contribution in [0.25, 0.3) is 16.9 Å². The van der Waals surface area contributed by atoms with Crippen molar-refractivity contribution in [2.24, 2.45) is 0 Å². The number of rotatable bonds is 4. The molecule has 4 rings (SSSR count). The van der Waals surface area contributed by atoms with Crippen molar-refractivity contribution < 1.29 is 9.84 Å². The average molecular weight is 312 g/mol. The molecule has 2 N–H and O–H groups in total. The molecule has 23 heavy (non-hydrogen) atoms. The van der Waals surface area contributed by atoms with E-state index in [1.807, 2.05) is 24.3 Å². The molecule has 0 atom stereocenters. The standard InChI is InChI=1S/C15H16N6O2/c1-23-12-4-2-10(3-5-12)21-14-13(19-20-21)8-16-15(18-14)17-9-6-11(22)7-9/h2-5,8-9,11,22H,6-7H2,1H3,(H,16,17,18). The van der Waals surface area contributed by atoms with Crippen LogP contribution in [0.5, 0.6) is 5.75 Å². The van der Waals surface area contributed by atoms with Gasteiger partial charge in [-0.15, -0.1) is 5.10 Å². The number of nitrogens with zero attached hydrogens (tertiary/aromatic N) is 5. The van der Waals surface area contributed by atoms with E-state index in [-0.39, 0.29) is 12.1 Å². The lowest BCUT2D eigenvalue weighted by Crippen LogP contribution is -2.39. The van der Waals surface area contributed by atoms with Gasteiger partial charge in [0.1, 0.15) is 5.75 Å². The van der Waals surface area contributed by atoms with Crippen molar-refractivity contribution in [1.29, 1.82) is 0 Å². The molecule has 8 heteroatoms. The molecule has 0 amide bonds. The monoisotopic (exact) mass is 312 g/mol. The Kier molecular flexibility index (Phi) is 3.30. The maximum atomic E-state index is 9.36. The van der Waals surface area contributed by atoms with E-state index in [4.69, 9.17) is 4.74 Å². The number of aliphatic hydroxyl groups is 1. The van der Waals surface area contributed by atoms with Crippen LogP contribution in [0.1, 0.15) is 12.8 Å². The van der Waals surface area contributed by atoms with Gasteiger partial charge in [0.25, 0.3) is 0 Å². The number of benzene rings is 1. The molecule has 0 bridgehead atoms. The van der Waals surface area contributed by atoms with E-state index >= 15 is 0 Å². The van der Waals surface area contributed by atoms with Gasteiger partial charge in [-0.1, -0.05) is 5.21 Å². The van der Waals surface area contributed by atoms with Gasteiger partial charge in [-0.3, -0.25) is 0 Å². The molecule has 2 aromatic heterocycles. The van der Waals surface area contributed by atoms with Gasteiger partial charge in [0, 0.05) is 6.04 Å². The van der Waals surface area contributed by atoms with E-state index < -0.39 is 0 Å². The third-order valence-electron chi connectivity index (χ3n) is 3.96. The van der Waals surface area contributed by atoms with Crippen LogP contribution in [-0.4, -0.2) is 49.3 Å². The number of hydrogen-bond donors (Lipinski definition) is 2. The summed E-state index contributed by atoms with van der Waals surface area (Å²) in [5.41, 5.74) is 2.10. The molecule has 0 unspecified atom stereocenters. The molecule has 0 saturated heterocycles. The number of ether oxygens (including phenoxy) is 1. The first-order chi connectivity index (χ1) is 11.2. The van der Waals surface area contributed by atoms with E-state index in [1.165, 1.54) is 0 Å². The summed E-state index contributed by atoms with van der Waals surface area (Å²) in [5, 5.41) is 20.8. The van der Waals surface area contributed by atoms with Crippen molar-refractivity contribution in [3.05, 3.63) is 30.5 Å². The van der Waals surface area contributed by atoms with Crippen molar-refractivity contribution in [2.75, 3.05) is 12.4 Å². The summed E-state index contributed by atoms with van der Waals surface area (Å²) in [6, 6.07) is 7.72. The van der Waals surface area contributed by atoms with Crippen LogP contribution in [-0.2, 0) is 0 Å². The first-order valence-electron chi connectivity index (χ1n) is 7.40. The average Bonchev–Trinajstić information content (AvgIpc) is 2.97. The summed E-state index contributed by atoms with van der Waals surface area (Å²) in [7, 11) is 1.63. The minimum Gasteiger partial charge on any atom is -0.497 e. The molecule has 1 fully saturated rings. The smallest absolute Gasteiger partial charge is 0.225 e. The minimum absolute atomic E-state index is 0.216. The maximum absolute atomic E-state index is 9.36. The SMILES string of the molecule is COc1ccc(-n2nnc3cnc(NC4CC(O)C4)nc32)cc1. The van der Waals surface area contributed by atoms with Crippen LogP contribution >= 0.6 is 0 Å². The molecular weight excluding hydrogens is 296 g/mol. The second-order valence-corrected chi connectivity index (χ2v) is 5.57. The van der Waals surface area contributed by atoms with Crippen molar-refractivity contribution in [3.8, 4) is 11.4 Å². The van der Waals surface area contributed by atoms with Crippen molar-refractivity contribution in [3.63, 3.8) is 0 Å². The quantitative estimate of drug-likeness (QED) is 0.745. The molecule has 2 heterocycles. The summed E-state index contributed by atoms with van der Waals surface area (Å²) < 4.78 is 6.83. The van der Waals surface area contributed by atoms with Crippen molar-refractivity contribution in [1.82, 2.24) is 25.0 Å².